The Morgan fingerprint density at radius 2 is 2.27 bits per heavy atom. The standard InChI is InChI=1S/C9H9Cl2N3S/c1-14-4-5(3-12)8(13-14)6-2-7(10)15-9(6)11/h2,4H,3,12H2,1H3. The van der Waals surface area contributed by atoms with Crippen LogP contribution in [-0.2, 0) is 13.6 Å². The molecule has 0 amide bonds. The fourth-order valence-electron chi connectivity index (χ4n) is 1.42. The molecule has 0 saturated carbocycles. The molecule has 2 N–H and O–H groups in total. The molecule has 0 bridgehead atoms. The van der Waals surface area contributed by atoms with Gasteiger partial charge in [-0.2, -0.15) is 5.10 Å². The molecule has 15 heavy (non-hydrogen) atoms. The summed E-state index contributed by atoms with van der Waals surface area (Å²) in [6.07, 6.45) is 1.89. The molecule has 0 unspecified atom stereocenters. The second kappa shape index (κ2) is 4.14. The van der Waals surface area contributed by atoms with Gasteiger partial charge >= 0.3 is 0 Å². The lowest BCUT2D eigenvalue weighted by atomic mass is 10.1. The summed E-state index contributed by atoms with van der Waals surface area (Å²) in [4.78, 5) is 0. The Morgan fingerprint density at radius 3 is 2.80 bits per heavy atom. The molecule has 2 aromatic heterocycles. The Labute approximate surface area is 101 Å². The minimum absolute atomic E-state index is 0.437. The van der Waals surface area contributed by atoms with Crippen molar-refractivity contribution in [3.63, 3.8) is 0 Å². The lowest BCUT2D eigenvalue weighted by molar-refractivity contribution is 0.769. The summed E-state index contributed by atoms with van der Waals surface area (Å²) in [5, 5.41) is 4.33. The Balaban J connectivity index is 2.57. The normalized spacial score (nSPS) is 10.9. The van der Waals surface area contributed by atoms with Crippen molar-refractivity contribution >= 4 is 34.5 Å². The molecule has 3 nitrogen and oxygen atoms in total. The predicted octanol–water partition coefficient (Wildman–Crippen LogP) is 2.91. The van der Waals surface area contributed by atoms with E-state index in [1.54, 1.807) is 4.68 Å². The van der Waals surface area contributed by atoms with Crippen LogP contribution in [0.5, 0.6) is 0 Å². The number of aryl methyl sites for hydroxylation is 1. The van der Waals surface area contributed by atoms with E-state index in [-0.39, 0.29) is 0 Å². The van der Waals surface area contributed by atoms with Crippen molar-refractivity contribution in [3.8, 4) is 11.3 Å². The first-order valence-corrected chi connectivity index (χ1v) is 5.87. The fourth-order valence-corrected chi connectivity index (χ4v) is 2.88. The molecule has 2 aromatic rings. The maximum absolute atomic E-state index is 6.06. The first-order chi connectivity index (χ1) is 7.11. The maximum atomic E-state index is 6.06. The van der Waals surface area contributed by atoms with Crippen molar-refractivity contribution in [2.24, 2.45) is 12.8 Å². The second-order valence-corrected chi connectivity index (χ2v) is 5.40. The highest BCUT2D eigenvalue weighted by Crippen LogP contribution is 2.38. The third kappa shape index (κ3) is 2.03. The molecule has 0 aliphatic rings. The van der Waals surface area contributed by atoms with Gasteiger partial charge in [-0.15, -0.1) is 11.3 Å². The van der Waals surface area contributed by atoms with Gasteiger partial charge < -0.3 is 5.73 Å². The van der Waals surface area contributed by atoms with Crippen LogP contribution in [0.2, 0.25) is 8.67 Å². The summed E-state index contributed by atoms with van der Waals surface area (Å²) in [6, 6.07) is 1.82. The molecule has 0 spiro atoms. The van der Waals surface area contributed by atoms with E-state index in [0.717, 1.165) is 16.8 Å². The minimum atomic E-state index is 0.437. The summed E-state index contributed by atoms with van der Waals surface area (Å²) in [7, 11) is 1.85. The van der Waals surface area contributed by atoms with Crippen molar-refractivity contribution in [1.29, 1.82) is 0 Å². The Hall–Kier alpha value is -0.550. The van der Waals surface area contributed by atoms with Gasteiger partial charge in [0.05, 0.1) is 10.0 Å². The average molecular weight is 262 g/mol. The number of halogens is 2. The van der Waals surface area contributed by atoms with Gasteiger partial charge in [-0.25, -0.2) is 0 Å². The molecule has 2 heterocycles. The van der Waals surface area contributed by atoms with E-state index in [1.807, 2.05) is 19.3 Å². The van der Waals surface area contributed by atoms with Crippen LogP contribution in [0.25, 0.3) is 11.3 Å². The van der Waals surface area contributed by atoms with E-state index in [4.69, 9.17) is 28.9 Å². The molecule has 0 radical (unpaired) electrons. The van der Waals surface area contributed by atoms with Crippen LogP contribution in [-0.4, -0.2) is 9.78 Å². The summed E-state index contributed by atoms with van der Waals surface area (Å²) in [5.74, 6) is 0. The number of hydrogen-bond acceptors (Lipinski definition) is 3. The highest BCUT2D eigenvalue weighted by Gasteiger charge is 2.14. The molecule has 80 valence electrons. The van der Waals surface area contributed by atoms with Gasteiger partial charge in [0.1, 0.15) is 4.34 Å². The monoisotopic (exact) mass is 261 g/mol. The average Bonchev–Trinajstić information content (AvgIpc) is 2.69. The number of nitrogens with zero attached hydrogens (tertiary/aromatic N) is 2. The molecular weight excluding hydrogens is 253 g/mol. The van der Waals surface area contributed by atoms with E-state index in [1.165, 1.54) is 11.3 Å². The molecule has 0 aliphatic carbocycles. The molecule has 0 fully saturated rings. The predicted molar refractivity (Wildman–Crippen MR) is 64.4 cm³/mol. The maximum Gasteiger partial charge on any atom is 0.104 e. The van der Waals surface area contributed by atoms with E-state index >= 15 is 0 Å². The van der Waals surface area contributed by atoms with Gasteiger partial charge in [-0.1, -0.05) is 23.2 Å². The molecule has 0 aromatic carbocycles. The van der Waals surface area contributed by atoms with Crippen LogP contribution in [0.1, 0.15) is 5.56 Å². The number of rotatable bonds is 2. The fraction of sp³-hybridized carbons (Fsp3) is 0.222. The van der Waals surface area contributed by atoms with Gasteiger partial charge in [0.15, 0.2) is 0 Å². The van der Waals surface area contributed by atoms with E-state index in [9.17, 15) is 0 Å². The summed E-state index contributed by atoms with van der Waals surface area (Å²) in [5.41, 5.74) is 8.27. The molecule has 6 heteroatoms. The highest BCUT2D eigenvalue weighted by molar-refractivity contribution is 7.20. The van der Waals surface area contributed by atoms with Crippen molar-refractivity contribution in [2.75, 3.05) is 0 Å². The van der Waals surface area contributed by atoms with Crippen LogP contribution in [0.15, 0.2) is 12.3 Å². The van der Waals surface area contributed by atoms with E-state index < -0.39 is 0 Å². The summed E-state index contributed by atoms with van der Waals surface area (Å²) >= 11 is 13.3. The lowest BCUT2D eigenvalue weighted by Gasteiger charge is -1.96. The van der Waals surface area contributed by atoms with Crippen molar-refractivity contribution in [1.82, 2.24) is 9.78 Å². The summed E-state index contributed by atoms with van der Waals surface area (Å²) < 4.78 is 3.02. The molecule has 2 rings (SSSR count). The van der Waals surface area contributed by atoms with Gasteiger partial charge in [0, 0.05) is 30.9 Å². The molecule has 0 saturated heterocycles. The van der Waals surface area contributed by atoms with Crippen LogP contribution in [0, 0.1) is 0 Å². The highest BCUT2D eigenvalue weighted by atomic mass is 35.5. The quantitative estimate of drug-likeness (QED) is 0.904. The largest absolute Gasteiger partial charge is 0.326 e. The topological polar surface area (TPSA) is 43.8 Å². The van der Waals surface area contributed by atoms with Crippen LogP contribution < -0.4 is 5.73 Å². The Kier molecular flexibility index (Phi) is 3.02. The second-order valence-electron chi connectivity index (χ2n) is 3.12. The Morgan fingerprint density at radius 1 is 1.53 bits per heavy atom. The van der Waals surface area contributed by atoms with E-state index in [2.05, 4.69) is 5.10 Å². The number of aromatic nitrogens is 2. The van der Waals surface area contributed by atoms with Crippen LogP contribution in [0.4, 0.5) is 0 Å². The SMILES string of the molecule is Cn1cc(CN)c(-c2cc(Cl)sc2Cl)n1. The third-order valence-electron chi connectivity index (χ3n) is 2.04. The minimum Gasteiger partial charge on any atom is -0.326 e. The zero-order chi connectivity index (χ0) is 11.0. The lowest BCUT2D eigenvalue weighted by Crippen LogP contribution is -1.96. The number of hydrogen-bond donors (Lipinski definition) is 1. The van der Waals surface area contributed by atoms with Crippen LogP contribution in [0.3, 0.4) is 0 Å². The smallest absolute Gasteiger partial charge is 0.104 e. The van der Waals surface area contributed by atoms with Crippen molar-refractivity contribution in [2.45, 2.75) is 6.54 Å². The Bertz CT molecular complexity index is 490. The zero-order valence-corrected chi connectivity index (χ0v) is 10.3. The molecule has 0 aliphatic heterocycles. The molecular formula is C9H9Cl2N3S. The summed E-state index contributed by atoms with van der Waals surface area (Å²) in [6.45, 7) is 0.437. The van der Waals surface area contributed by atoms with E-state index in [0.29, 0.717) is 15.2 Å². The van der Waals surface area contributed by atoms with Gasteiger partial charge in [-0.05, 0) is 6.07 Å². The molecule has 0 atom stereocenters. The van der Waals surface area contributed by atoms with Gasteiger partial charge in [0.2, 0.25) is 0 Å². The zero-order valence-electron chi connectivity index (χ0n) is 8.00. The first-order valence-electron chi connectivity index (χ1n) is 4.29. The van der Waals surface area contributed by atoms with Gasteiger partial charge in [-0.3, -0.25) is 4.68 Å². The third-order valence-corrected chi connectivity index (χ3v) is 3.52. The first kappa shape index (κ1) is 11.0. The van der Waals surface area contributed by atoms with Crippen LogP contribution >= 0.6 is 34.5 Å². The van der Waals surface area contributed by atoms with Crippen molar-refractivity contribution < 1.29 is 0 Å². The number of nitrogens with two attached hydrogens (primary N) is 1. The number of thiophene rings is 1. The van der Waals surface area contributed by atoms with Crippen molar-refractivity contribution in [3.05, 3.63) is 26.5 Å². The van der Waals surface area contributed by atoms with Gasteiger partial charge in [0.25, 0.3) is 0 Å².